The van der Waals surface area contributed by atoms with Gasteiger partial charge in [-0.15, -0.1) is 11.3 Å². The van der Waals surface area contributed by atoms with Gasteiger partial charge in [-0.1, -0.05) is 48.0 Å². The van der Waals surface area contributed by atoms with Crippen LogP contribution in [0.3, 0.4) is 0 Å². The third kappa shape index (κ3) is 3.15. The van der Waals surface area contributed by atoms with Crippen molar-refractivity contribution in [2.75, 3.05) is 5.32 Å². The summed E-state index contributed by atoms with van der Waals surface area (Å²) in [6.45, 7) is 0.644. The molecule has 5 heteroatoms. The lowest BCUT2D eigenvalue weighted by molar-refractivity contribution is 1.08. The smallest absolute Gasteiger partial charge is 0.131 e. The van der Waals surface area contributed by atoms with Gasteiger partial charge < -0.3 is 5.32 Å². The molecule has 2 heterocycles. The Labute approximate surface area is 126 Å². The molecule has 0 radical (unpaired) electrons. The summed E-state index contributed by atoms with van der Waals surface area (Å²) in [6, 6.07) is 15.7. The summed E-state index contributed by atoms with van der Waals surface area (Å²) >= 11 is 7.48. The predicted molar refractivity (Wildman–Crippen MR) is 84.1 cm³/mol. The van der Waals surface area contributed by atoms with E-state index in [4.69, 9.17) is 11.6 Å². The zero-order valence-corrected chi connectivity index (χ0v) is 12.2. The van der Waals surface area contributed by atoms with Crippen molar-refractivity contribution >= 4 is 28.8 Å². The third-order valence-corrected chi connectivity index (χ3v) is 3.82. The van der Waals surface area contributed by atoms with Crippen LogP contribution in [0.2, 0.25) is 5.15 Å². The summed E-state index contributed by atoms with van der Waals surface area (Å²) in [4.78, 5) is 8.80. The van der Waals surface area contributed by atoms with E-state index in [1.54, 1.807) is 17.4 Å². The summed E-state index contributed by atoms with van der Waals surface area (Å²) in [5.41, 5.74) is 2.14. The summed E-state index contributed by atoms with van der Waals surface area (Å²) < 4.78 is 0. The molecule has 0 aliphatic heterocycles. The van der Waals surface area contributed by atoms with Crippen molar-refractivity contribution in [3.63, 3.8) is 0 Å². The van der Waals surface area contributed by atoms with E-state index in [9.17, 15) is 0 Å². The van der Waals surface area contributed by atoms with Gasteiger partial charge in [0.15, 0.2) is 0 Å². The van der Waals surface area contributed by atoms with Gasteiger partial charge in [-0.05, 0) is 12.1 Å². The van der Waals surface area contributed by atoms with E-state index >= 15 is 0 Å². The highest BCUT2D eigenvalue weighted by molar-refractivity contribution is 7.09. The molecule has 0 saturated carbocycles. The molecule has 3 nitrogen and oxygen atoms in total. The van der Waals surface area contributed by atoms with E-state index < -0.39 is 0 Å². The lowest BCUT2D eigenvalue weighted by Crippen LogP contribution is -2.00. The van der Waals surface area contributed by atoms with Gasteiger partial charge in [0.1, 0.15) is 16.0 Å². The fourth-order valence-corrected chi connectivity index (χ4v) is 2.71. The summed E-state index contributed by atoms with van der Waals surface area (Å²) in [7, 11) is 0. The van der Waals surface area contributed by atoms with Crippen LogP contribution < -0.4 is 5.32 Å². The molecule has 3 rings (SSSR count). The number of rotatable bonds is 4. The second-order valence-electron chi connectivity index (χ2n) is 4.19. The molecule has 1 aromatic carbocycles. The van der Waals surface area contributed by atoms with E-state index in [-0.39, 0.29) is 0 Å². The first-order valence-corrected chi connectivity index (χ1v) is 7.43. The Hall–Kier alpha value is -1.91. The van der Waals surface area contributed by atoms with Crippen LogP contribution in [0.15, 0.2) is 53.9 Å². The third-order valence-electron chi connectivity index (χ3n) is 2.76. The van der Waals surface area contributed by atoms with Gasteiger partial charge in [0, 0.05) is 10.9 Å². The zero-order valence-electron chi connectivity index (χ0n) is 10.6. The Morgan fingerprint density at radius 2 is 1.85 bits per heavy atom. The molecular weight excluding hydrogens is 290 g/mol. The van der Waals surface area contributed by atoms with E-state index in [2.05, 4.69) is 32.8 Å². The maximum Gasteiger partial charge on any atom is 0.131 e. The number of benzene rings is 1. The summed E-state index contributed by atoms with van der Waals surface area (Å²) in [6.07, 6.45) is 0. The van der Waals surface area contributed by atoms with E-state index in [0.29, 0.717) is 11.7 Å². The molecule has 100 valence electrons. The maximum atomic E-state index is 5.85. The van der Waals surface area contributed by atoms with Crippen LogP contribution in [0.1, 0.15) is 5.01 Å². The standard InChI is InChI=1S/C15H12ClN3S/c16-13-7-4-8-14(19-13)17-9-15-18-12(10-20-15)11-5-2-1-3-6-11/h1-8,10H,9H2,(H,17,19). The highest BCUT2D eigenvalue weighted by Crippen LogP contribution is 2.22. The van der Waals surface area contributed by atoms with Gasteiger partial charge in [-0.25, -0.2) is 9.97 Å². The molecule has 0 bridgehead atoms. The fourth-order valence-electron chi connectivity index (χ4n) is 1.81. The molecule has 20 heavy (non-hydrogen) atoms. The predicted octanol–water partition coefficient (Wildman–Crippen LogP) is 4.47. The van der Waals surface area contributed by atoms with Crippen molar-refractivity contribution < 1.29 is 0 Å². The van der Waals surface area contributed by atoms with Crippen LogP contribution in [0.5, 0.6) is 0 Å². The van der Waals surface area contributed by atoms with Crippen molar-refractivity contribution in [1.29, 1.82) is 0 Å². The lowest BCUT2D eigenvalue weighted by atomic mass is 10.2. The molecule has 2 aromatic heterocycles. The van der Waals surface area contributed by atoms with Gasteiger partial charge in [0.25, 0.3) is 0 Å². The van der Waals surface area contributed by atoms with Gasteiger partial charge in [-0.2, -0.15) is 0 Å². The molecule has 3 aromatic rings. The molecule has 0 aliphatic carbocycles. The van der Waals surface area contributed by atoms with Gasteiger partial charge in [-0.3, -0.25) is 0 Å². The quantitative estimate of drug-likeness (QED) is 0.722. The highest BCUT2D eigenvalue weighted by atomic mass is 35.5. The molecule has 0 atom stereocenters. The number of hydrogen-bond donors (Lipinski definition) is 1. The Balaban J connectivity index is 1.69. The molecule has 0 aliphatic rings. The van der Waals surface area contributed by atoms with Gasteiger partial charge in [0.2, 0.25) is 0 Å². The first kappa shape index (κ1) is 13.1. The molecular formula is C15H12ClN3S. The second-order valence-corrected chi connectivity index (χ2v) is 5.52. The minimum Gasteiger partial charge on any atom is -0.364 e. The number of nitrogens with one attached hydrogen (secondary N) is 1. The molecule has 1 N–H and O–H groups in total. The molecule has 0 fully saturated rings. The number of hydrogen-bond acceptors (Lipinski definition) is 4. The zero-order chi connectivity index (χ0) is 13.8. The average molecular weight is 302 g/mol. The minimum atomic E-state index is 0.485. The minimum absolute atomic E-state index is 0.485. The molecule has 0 saturated heterocycles. The lowest BCUT2D eigenvalue weighted by Gasteiger charge is -2.02. The molecule has 0 spiro atoms. The normalized spacial score (nSPS) is 10.4. The summed E-state index contributed by atoms with van der Waals surface area (Å²) in [5.74, 6) is 0.758. The second kappa shape index (κ2) is 6.03. The Morgan fingerprint density at radius 1 is 1.00 bits per heavy atom. The van der Waals surface area contributed by atoms with E-state index in [0.717, 1.165) is 22.1 Å². The highest BCUT2D eigenvalue weighted by Gasteiger charge is 2.04. The fraction of sp³-hybridized carbons (Fsp3) is 0.0667. The number of halogens is 1. The van der Waals surface area contributed by atoms with Crippen LogP contribution >= 0.6 is 22.9 Å². The van der Waals surface area contributed by atoms with Crippen LogP contribution in [0, 0.1) is 0 Å². The molecule has 0 unspecified atom stereocenters. The monoisotopic (exact) mass is 301 g/mol. The first-order valence-electron chi connectivity index (χ1n) is 6.17. The van der Waals surface area contributed by atoms with Crippen LogP contribution in [0.25, 0.3) is 11.3 Å². The molecule has 0 amide bonds. The van der Waals surface area contributed by atoms with Gasteiger partial charge >= 0.3 is 0 Å². The van der Waals surface area contributed by atoms with Crippen molar-refractivity contribution in [1.82, 2.24) is 9.97 Å². The average Bonchev–Trinajstić information content (AvgIpc) is 2.95. The largest absolute Gasteiger partial charge is 0.364 e. The number of aromatic nitrogens is 2. The number of nitrogens with zero attached hydrogens (tertiary/aromatic N) is 2. The first-order chi connectivity index (χ1) is 9.81. The Kier molecular flexibility index (Phi) is 3.95. The Morgan fingerprint density at radius 3 is 2.65 bits per heavy atom. The number of pyridine rings is 1. The number of thiazole rings is 1. The topological polar surface area (TPSA) is 37.8 Å². The van der Waals surface area contributed by atoms with Gasteiger partial charge in [0.05, 0.1) is 12.2 Å². The van der Waals surface area contributed by atoms with Crippen LogP contribution in [0.4, 0.5) is 5.82 Å². The van der Waals surface area contributed by atoms with E-state index in [1.807, 2.05) is 30.3 Å². The van der Waals surface area contributed by atoms with Crippen LogP contribution in [-0.4, -0.2) is 9.97 Å². The van der Waals surface area contributed by atoms with Crippen LogP contribution in [-0.2, 0) is 6.54 Å². The van der Waals surface area contributed by atoms with E-state index in [1.165, 1.54) is 0 Å². The van der Waals surface area contributed by atoms with Crippen molar-refractivity contribution in [2.45, 2.75) is 6.54 Å². The van der Waals surface area contributed by atoms with Crippen molar-refractivity contribution in [3.8, 4) is 11.3 Å². The summed E-state index contributed by atoms with van der Waals surface area (Å²) in [5, 5.41) is 6.79. The van der Waals surface area contributed by atoms with Crippen molar-refractivity contribution in [3.05, 3.63) is 64.1 Å². The Bertz CT molecular complexity index is 697. The SMILES string of the molecule is Clc1cccc(NCc2nc(-c3ccccc3)cs2)n1. The number of anilines is 1. The van der Waals surface area contributed by atoms with Crippen molar-refractivity contribution in [2.24, 2.45) is 0 Å². The maximum absolute atomic E-state index is 5.85.